The van der Waals surface area contributed by atoms with Crippen molar-refractivity contribution >= 4 is 28.8 Å². The number of thiocarbonyl (C=S) groups is 1. The Labute approximate surface area is 120 Å². The van der Waals surface area contributed by atoms with Crippen LogP contribution < -0.4 is 11.1 Å². The highest BCUT2D eigenvalue weighted by Crippen LogP contribution is 2.19. The molecule has 2 aromatic rings. The van der Waals surface area contributed by atoms with Crippen molar-refractivity contribution in [3.05, 3.63) is 46.9 Å². The molecular weight excluding hydrogens is 281 g/mol. The maximum Gasteiger partial charge on any atom is 0.293 e. The van der Waals surface area contributed by atoms with Crippen LogP contribution in [0, 0.1) is 19.7 Å². The first-order chi connectivity index (χ1) is 9.38. The van der Waals surface area contributed by atoms with Crippen molar-refractivity contribution in [3.8, 4) is 0 Å². The van der Waals surface area contributed by atoms with Gasteiger partial charge in [0.1, 0.15) is 10.8 Å². The van der Waals surface area contributed by atoms with Crippen LogP contribution in [0.3, 0.4) is 0 Å². The van der Waals surface area contributed by atoms with Crippen LogP contribution in [0.1, 0.15) is 27.7 Å². The molecule has 0 aliphatic rings. The molecule has 1 amide bonds. The standard InChI is InChI=1S/C13H12FN3O2S/c1-6-11(19-7(2)16-6)13(18)17-10-4-3-8(14)5-9(10)12(15)20/h3-5H,1-2H3,(H2,15,20)(H,17,18). The van der Waals surface area contributed by atoms with Crippen molar-refractivity contribution in [1.82, 2.24) is 4.98 Å². The summed E-state index contributed by atoms with van der Waals surface area (Å²) in [5, 5.41) is 2.58. The van der Waals surface area contributed by atoms with Crippen LogP contribution in [-0.2, 0) is 0 Å². The van der Waals surface area contributed by atoms with Crippen molar-refractivity contribution in [3.63, 3.8) is 0 Å². The Hall–Kier alpha value is -2.28. The van der Waals surface area contributed by atoms with Crippen molar-refractivity contribution in [2.45, 2.75) is 13.8 Å². The number of rotatable bonds is 3. The van der Waals surface area contributed by atoms with Crippen molar-refractivity contribution in [1.29, 1.82) is 0 Å². The first-order valence-corrected chi connectivity index (χ1v) is 6.14. The van der Waals surface area contributed by atoms with Gasteiger partial charge in [-0.05, 0) is 25.1 Å². The largest absolute Gasteiger partial charge is 0.436 e. The number of hydrogen-bond donors (Lipinski definition) is 2. The zero-order chi connectivity index (χ0) is 14.9. The Kier molecular flexibility index (Phi) is 3.80. The second-order valence-electron chi connectivity index (χ2n) is 4.16. The van der Waals surface area contributed by atoms with Gasteiger partial charge in [0.2, 0.25) is 5.76 Å². The summed E-state index contributed by atoms with van der Waals surface area (Å²) < 4.78 is 18.4. The van der Waals surface area contributed by atoms with Crippen LogP contribution >= 0.6 is 12.2 Å². The van der Waals surface area contributed by atoms with E-state index in [1.807, 2.05) is 0 Å². The summed E-state index contributed by atoms with van der Waals surface area (Å²) in [5.74, 6) is -0.494. The number of carbonyl (C=O) groups excluding carboxylic acids is 1. The highest BCUT2D eigenvalue weighted by Gasteiger charge is 2.18. The summed E-state index contributed by atoms with van der Waals surface area (Å²) in [7, 11) is 0. The van der Waals surface area contributed by atoms with Gasteiger partial charge in [-0.15, -0.1) is 0 Å². The summed E-state index contributed by atoms with van der Waals surface area (Å²) in [5.41, 5.74) is 6.55. The number of anilines is 1. The first-order valence-electron chi connectivity index (χ1n) is 5.73. The Bertz CT molecular complexity index is 697. The van der Waals surface area contributed by atoms with E-state index in [0.717, 1.165) is 6.07 Å². The van der Waals surface area contributed by atoms with Gasteiger partial charge in [-0.3, -0.25) is 4.79 Å². The summed E-state index contributed by atoms with van der Waals surface area (Å²) in [4.78, 5) is 16.1. The molecule has 0 saturated heterocycles. The quantitative estimate of drug-likeness (QED) is 0.849. The zero-order valence-electron chi connectivity index (χ0n) is 10.9. The molecule has 1 aromatic carbocycles. The summed E-state index contributed by atoms with van der Waals surface area (Å²) in [6.45, 7) is 3.30. The van der Waals surface area contributed by atoms with E-state index >= 15 is 0 Å². The first kappa shape index (κ1) is 14.1. The number of benzene rings is 1. The van der Waals surface area contributed by atoms with E-state index in [2.05, 4.69) is 10.3 Å². The molecule has 5 nitrogen and oxygen atoms in total. The SMILES string of the molecule is Cc1nc(C)c(C(=O)Nc2ccc(F)cc2C(N)=S)o1. The monoisotopic (exact) mass is 293 g/mol. The van der Waals surface area contributed by atoms with E-state index in [-0.39, 0.29) is 16.3 Å². The number of nitrogens with one attached hydrogen (secondary N) is 1. The molecule has 2 rings (SSSR count). The lowest BCUT2D eigenvalue weighted by Crippen LogP contribution is -2.18. The smallest absolute Gasteiger partial charge is 0.293 e. The fourth-order valence-corrected chi connectivity index (χ4v) is 1.92. The van der Waals surface area contributed by atoms with Crippen LogP contribution in [0.5, 0.6) is 0 Å². The van der Waals surface area contributed by atoms with Crippen molar-refractivity contribution in [2.24, 2.45) is 5.73 Å². The Morgan fingerprint density at radius 2 is 2.15 bits per heavy atom. The van der Waals surface area contributed by atoms with E-state index < -0.39 is 11.7 Å². The van der Waals surface area contributed by atoms with E-state index in [1.54, 1.807) is 13.8 Å². The molecule has 0 saturated carbocycles. The predicted octanol–water partition coefficient (Wildman–Crippen LogP) is 2.32. The third kappa shape index (κ3) is 2.83. The topological polar surface area (TPSA) is 81.2 Å². The van der Waals surface area contributed by atoms with Gasteiger partial charge in [-0.25, -0.2) is 9.37 Å². The minimum Gasteiger partial charge on any atom is -0.436 e. The van der Waals surface area contributed by atoms with Gasteiger partial charge in [0, 0.05) is 12.5 Å². The molecule has 0 radical (unpaired) electrons. The number of amides is 1. The van der Waals surface area contributed by atoms with Gasteiger partial charge >= 0.3 is 0 Å². The molecule has 0 unspecified atom stereocenters. The number of nitrogens with zero attached hydrogens (tertiary/aromatic N) is 1. The number of halogens is 1. The number of nitrogens with two attached hydrogens (primary N) is 1. The van der Waals surface area contributed by atoms with Crippen LogP contribution in [0.4, 0.5) is 10.1 Å². The van der Waals surface area contributed by atoms with Gasteiger partial charge in [-0.1, -0.05) is 12.2 Å². The highest BCUT2D eigenvalue weighted by molar-refractivity contribution is 7.80. The average molecular weight is 293 g/mol. The normalized spacial score (nSPS) is 10.3. The molecule has 0 atom stereocenters. The van der Waals surface area contributed by atoms with Crippen LogP contribution in [0.2, 0.25) is 0 Å². The number of carbonyl (C=O) groups is 1. The Morgan fingerprint density at radius 1 is 1.45 bits per heavy atom. The predicted molar refractivity (Wildman–Crippen MR) is 76.2 cm³/mol. The number of aromatic nitrogens is 1. The molecule has 3 N–H and O–H groups in total. The molecule has 0 aliphatic carbocycles. The third-order valence-electron chi connectivity index (χ3n) is 2.61. The Morgan fingerprint density at radius 3 is 2.70 bits per heavy atom. The molecule has 20 heavy (non-hydrogen) atoms. The molecule has 0 bridgehead atoms. The number of oxazole rings is 1. The molecule has 0 fully saturated rings. The maximum atomic E-state index is 13.2. The fraction of sp³-hybridized carbons (Fsp3) is 0.154. The molecule has 7 heteroatoms. The van der Waals surface area contributed by atoms with E-state index in [1.165, 1.54) is 12.1 Å². The van der Waals surface area contributed by atoms with Crippen molar-refractivity contribution < 1.29 is 13.6 Å². The third-order valence-corrected chi connectivity index (χ3v) is 2.82. The lowest BCUT2D eigenvalue weighted by Gasteiger charge is -2.09. The maximum absolute atomic E-state index is 13.2. The second-order valence-corrected chi connectivity index (χ2v) is 4.60. The van der Waals surface area contributed by atoms with Crippen molar-refractivity contribution in [2.75, 3.05) is 5.32 Å². The van der Waals surface area contributed by atoms with Crippen LogP contribution in [0.25, 0.3) is 0 Å². The molecule has 1 heterocycles. The van der Waals surface area contributed by atoms with Crippen LogP contribution in [-0.4, -0.2) is 15.9 Å². The molecule has 1 aromatic heterocycles. The van der Waals surface area contributed by atoms with Gasteiger partial charge in [-0.2, -0.15) is 0 Å². The molecule has 0 spiro atoms. The van der Waals surface area contributed by atoms with Crippen LogP contribution in [0.15, 0.2) is 22.6 Å². The zero-order valence-corrected chi connectivity index (χ0v) is 11.7. The average Bonchev–Trinajstić information content (AvgIpc) is 2.70. The lowest BCUT2D eigenvalue weighted by atomic mass is 10.1. The van der Waals surface area contributed by atoms with Gasteiger partial charge in [0.05, 0.1) is 11.4 Å². The van der Waals surface area contributed by atoms with E-state index in [9.17, 15) is 9.18 Å². The molecular formula is C13H12FN3O2S. The Balaban J connectivity index is 2.33. The summed E-state index contributed by atoms with van der Waals surface area (Å²) >= 11 is 4.83. The molecule has 0 aliphatic heterocycles. The van der Waals surface area contributed by atoms with E-state index in [4.69, 9.17) is 22.4 Å². The van der Waals surface area contributed by atoms with Gasteiger partial charge in [0.25, 0.3) is 5.91 Å². The molecule has 104 valence electrons. The second kappa shape index (κ2) is 5.38. The highest BCUT2D eigenvalue weighted by atomic mass is 32.1. The number of aryl methyl sites for hydroxylation is 2. The van der Waals surface area contributed by atoms with Gasteiger partial charge < -0.3 is 15.5 Å². The number of hydrogen-bond acceptors (Lipinski definition) is 4. The van der Waals surface area contributed by atoms with E-state index in [0.29, 0.717) is 17.3 Å². The fourth-order valence-electron chi connectivity index (χ4n) is 1.75. The minimum absolute atomic E-state index is 0.00901. The minimum atomic E-state index is -0.493. The summed E-state index contributed by atoms with van der Waals surface area (Å²) in [6.07, 6.45) is 0. The summed E-state index contributed by atoms with van der Waals surface area (Å²) in [6, 6.07) is 3.76. The van der Waals surface area contributed by atoms with Gasteiger partial charge in [0.15, 0.2) is 5.89 Å². The lowest BCUT2D eigenvalue weighted by molar-refractivity contribution is 0.0994.